The molecule has 2 heterocycles. The Balaban J connectivity index is 1.57. The number of amides is 2. The molecule has 0 radical (unpaired) electrons. The van der Waals surface area contributed by atoms with Crippen LogP contribution in [0.4, 0.5) is 5.69 Å². The molecule has 1 saturated heterocycles. The van der Waals surface area contributed by atoms with Gasteiger partial charge in [0.1, 0.15) is 6.54 Å². The van der Waals surface area contributed by atoms with Crippen molar-refractivity contribution in [3.8, 4) is 0 Å². The first-order valence-corrected chi connectivity index (χ1v) is 9.65. The number of anilines is 1. The Bertz CT molecular complexity index is 870. The Kier molecular flexibility index (Phi) is 5.14. The van der Waals surface area contributed by atoms with E-state index in [0.717, 1.165) is 29.8 Å². The van der Waals surface area contributed by atoms with E-state index in [1.54, 1.807) is 4.90 Å². The molecule has 0 aromatic heterocycles. The molecule has 0 spiro atoms. The number of fused-ring (bicyclic) bond motifs is 1. The Morgan fingerprint density at radius 3 is 2.85 bits per heavy atom. The summed E-state index contributed by atoms with van der Waals surface area (Å²) in [5.41, 5.74) is 2.99. The number of para-hydroxylation sites is 1. The molecule has 0 aliphatic carbocycles. The number of halogens is 1. The van der Waals surface area contributed by atoms with Crippen molar-refractivity contribution >= 4 is 29.1 Å². The average molecular weight is 384 g/mol. The van der Waals surface area contributed by atoms with Gasteiger partial charge in [0.2, 0.25) is 11.8 Å². The second-order valence-electron chi connectivity index (χ2n) is 6.97. The van der Waals surface area contributed by atoms with Gasteiger partial charge in [-0.05, 0) is 35.7 Å². The fourth-order valence-electron chi connectivity index (χ4n) is 3.91. The Hall–Kier alpha value is -2.37. The van der Waals surface area contributed by atoms with E-state index in [0.29, 0.717) is 24.5 Å². The molecular weight excluding hydrogens is 362 g/mol. The number of hydrogen-bond acceptors (Lipinski definition) is 3. The molecule has 27 heavy (non-hydrogen) atoms. The average Bonchev–Trinajstić information content (AvgIpc) is 2.70. The number of carbonyl (C=O) groups excluding carboxylic acids is 2. The van der Waals surface area contributed by atoms with Gasteiger partial charge in [-0.15, -0.1) is 0 Å². The number of nitrogens with one attached hydrogen (secondary N) is 1. The first-order chi connectivity index (χ1) is 13.1. The molecule has 0 bridgehead atoms. The lowest BCUT2D eigenvalue weighted by molar-refractivity contribution is -0.134. The van der Waals surface area contributed by atoms with Gasteiger partial charge in [0.15, 0.2) is 0 Å². The molecule has 2 aromatic rings. The monoisotopic (exact) mass is 383 g/mol. The zero-order chi connectivity index (χ0) is 18.8. The summed E-state index contributed by atoms with van der Waals surface area (Å²) in [6, 6.07) is 15.4. The molecule has 1 fully saturated rings. The number of rotatable bonds is 3. The van der Waals surface area contributed by atoms with Crippen LogP contribution in [0.25, 0.3) is 0 Å². The van der Waals surface area contributed by atoms with Gasteiger partial charge >= 0.3 is 0 Å². The fourth-order valence-corrected chi connectivity index (χ4v) is 4.11. The first-order valence-electron chi connectivity index (χ1n) is 9.27. The highest BCUT2D eigenvalue weighted by Crippen LogP contribution is 2.29. The Morgan fingerprint density at radius 1 is 1.15 bits per heavy atom. The van der Waals surface area contributed by atoms with Gasteiger partial charge in [0, 0.05) is 36.8 Å². The van der Waals surface area contributed by atoms with Crippen molar-refractivity contribution in [2.45, 2.75) is 18.9 Å². The number of benzene rings is 2. The van der Waals surface area contributed by atoms with E-state index in [9.17, 15) is 9.59 Å². The van der Waals surface area contributed by atoms with E-state index in [1.807, 2.05) is 53.4 Å². The number of carbonyl (C=O) groups is 2. The maximum Gasteiger partial charge on any atom is 0.243 e. The maximum absolute atomic E-state index is 13.2. The molecule has 2 amide bonds. The van der Waals surface area contributed by atoms with Crippen LogP contribution >= 0.6 is 11.6 Å². The third kappa shape index (κ3) is 3.70. The molecule has 4 rings (SSSR count). The van der Waals surface area contributed by atoms with Crippen LogP contribution in [0.3, 0.4) is 0 Å². The molecule has 2 aromatic carbocycles. The zero-order valence-electron chi connectivity index (χ0n) is 15.0. The molecule has 2 aliphatic rings. The van der Waals surface area contributed by atoms with Crippen molar-refractivity contribution in [3.05, 3.63) is 64.7 Å². The van der Waals surface area contributed by atoms with Crippen LogP contribution in [0.15, 0.2) is 48.5 Å². The standard InChI is InChI=1S/C21H22ClN3O2/c22-17-6-3-5-16(12-17)19-13-23-10-11-24(19)21(27)14-25-18-7-2-1-4-15(18)8-9-20(25)26/h1-7,12,19,23H,8-11,13-14H2. The topological polar surface area (TPSA) is 52.7 Å². The number of hydrogen-bond donors (Lipinski definition) is 1. The van der Waals surface area contributed by atoms with Crippen molar-refractivity contribution in [3.63, 3.8) is 0 Å². The van der Waals surface area contributed by atoms with Gasteiger partial charge in [0.05, 0.1) is 6.04 Å². The van der Waals surface area contributed by atoms with Crippen LogP contribution in [-0.2, 0) is 16.0 Å². The molecule has 5 nitrogen and oxygen atoms in total. The van der Waals surface area contributed by atoms with E-state index in [2.05, 4.69) is 5.32 Å². The highest BCUT2D eigenvalue weighted by molar-refractivity contribution is 6.30. The van der Waals surface area contributed by atoms with Crippen LogP contribution in [0, 0.1) is 0 Å². The third-order valence-electron chi connectivity index (χ3n) is 5.28. The number of piperazine rings is 1. The minimum atomic E-state index is -0.0833. The SMILES string of the molecule is O=C1CCc2ccccc2N1CC(=O)N1CCNCC1c1cccc(Cl)c1. The van der Waals surface area contributed by atoms with Gasteiger partial charge in [-0.25, -0.2) is 0 Å². The lowest BCUT2D eigenvalue weighted by Gasteiger charge is -2.38. The lowest BCUT2D eigenvalue weighted by atomic mass is 10.0. The van der Waals surface area contributed by atoms with Gasteiger partial charge < -0.3 is 15.1 Å². The van der Waals surface area contributed by atoms with Crippen LogP contribution < -0.4 is 10.2 Å². The summed E-state index contributed by atoms with van der Waals surface area (Å²) < 4.78 is 0. The van der Waals surface area contributed by atoms with Crippen molar-refractivity contribution in [2.24, 2.45) is 0 Å². The Labute approximate surface area is 163 Å². The fraction of sp³-hybridized carbons (Fsp3) is 0.333. The molecule has 6 heteroatoms. The third-order valence-corrected chi connectivity index (χ3v) is 5.52. The van der Waals surface area contributed by atoms with E-state index in [-0.39, 0.29) is 24.4 Å². The second kappa shape index (κ2) is 7.71. The molecule has 0 saturated carbocycles. The van der Waals surface area contributed by atoms with Gasteiger partial charge in [-0.3, -0.25) is 9.59 Å². The first kappa shape index (κ1) is 18.0. The van der Waals surface area contributed by atoms with Crippen molar-refractivity contribution in [1.29, 1.82) is 0 Å². The van der Waals surface area contributed by atoms with E-state index in [1.165, 1.54) is 0 Å². The van der Waals surface area contributed by atoms with E-state index < -0.39 is 0 Å². The van der Waals surface area contributed by atoms with Crippen molar-refractivity contribution in [2.75, 3.05) is 31.1 Å². The largest absolute Gasteiger partial charge is 0.332 e. The molecule has 1 unspecified atom stereocenters. The summed E-state index contributed by atoms with van der Waals surface area (Å²) in [6.45, 7) is 2.11. The van der Waals surface area contributed by atoms with Crippen LogP contribution in [0.1, 0.15) is 23.6 Å². The van der Waals surface area contributed by atoms with Gasteiger partial charge in [-0.2, -0.15) is 0 Å². The molecule has 1 atom stereocenters. The minimum Gasteiger partial charge on any atom is -0.332 e. The highest BCUT2D eigenvalue weighted by atomic mass is 35.5. The quantitative estimate of drug-likeness (QED) is 0.886. The van der Waals surface area contributed by atoms with Gasteiger partial charge in [-0.1, -0.05) is 41.9 Å². The Morgan fingerprint density at radius 2 is 2.00 bits per heavy atom. The predicted octanol–water partition coefficient (Wildman–Crippen LogP) is 2.79. The molecule has 2 aliphatic heterocycles. The summed E-state index contributed by atoms with van der Waals surface area (Å²) in [7, 11) is 0. The summed E-state index contributed by atoms with van der Waals surface area (Å²) in [4.78, 5) is 29.2. The van der Waals surface area contributed by atoms with Crippen LogP contribution in [0.5, 0.6) is 0 Å². The lowest BCUT2D eigenvalue weighted by Crippen LogP contribution is -2.52. The summed E-state index contributed by atoms with van der Waals surface area (Å²) in [5.74, 6) is -0.0250. The maximum atomic E-state index is 13.2. The second-order valence-corrected chi connectivity index (χ2v) is 7.41. The minimum absolute atomic E-state index is 0.0106. The predicted molar refractivity (Wildman–Crippen MR) is 106 cm³/mol. The number of aryl methyl sites for hydroxylation is 1. The van der Waals surface area contributed by atoms with Gasteiger partial charge in [0.25, 0.3) is 0 Å². The highest BCUT2D eigenvalue weighted by Gasteiger charge is 2.32. The number of nitrogens with zero attached hydrogens (tertiary/aromatic N) is 2. The van der Waals surface area contributed by atoms with E-state index in [4.69, 9.17) is 11.6 Å². The summed E-state index contributed by atoms with van der Waals surface area (Å²) in [5, 5.41) is 4.01. The molecule has 1 N–H and O–H groups in total. The smallest absolute Gasteiger partial charge is 0.243 e. The van der Waals surface area contributed by atoms with Crippen LogP contribution in [-0.4, -0.2) is 42.9 Å². The molecular formula is C21H22ClN3O2. The van der Waals surface area contributed by atoms with Crippen molar-refractivity contribution < 1.29 is 9.59 Å². The summed E-state index contributed by atoms with van der Waals surface area (Å²) >= 11 is 6.15. The zero-order valence-corrected chi connectivity index (χ0v) is 15.8. The molecule has 140 valence electrons. The van der Waals surface area contributed by atoms with Crippen molar-refractivity contribution in [1.82, 2.24) is 10.2 Å². The van der Waals surface area contributed by atoms with Crippen LogP contribution in [0.2, 0.25) is 5.02 Å². The van der Waals surface area contributed by atoms with E-state index >= 15 is 0 Å². The normalized spacial score (nSPS) is 19.7. The summed E-state index contributed by atoms with van der Waals surface area (Å²) in [6.07, 6.45) is 1.18.